The largest absolute Gasteiger partial charge is 0.464 e. The van der Waals surface area contributed by atoms with Crippen LogP contribution in [0.3, 0.4) is 0 Å². The normalized spacial score (nSPS) is 25.5. The Bertz CT molecular complexity index is 807. The van der Waals surface area contributed by atoms with E-state index in [0.717, 1.165) is 37.4 Å². The molecule has 28 heavy (non-hydrogen) atoms. The zero-order valence-electron chi connectivity index (χ0n) is 16.3. The minimum atomic E-state index is -0.656. The number of rotatable bonds is 5. The first-order valence-corrected chi connectivity index (χ1v) is 9.92. The minimum Gasteiger partial charge on any atom is -0.464 e. The number of carbonyl (C=O) groups is 1. The third kappa shape index (κ3) is 3.99. The smallest absolute Gasteiger partial charge is 0.248 e. The van der Waals surface area contributed by atoms with Gasteiger partial charge in [-0.15, -0.1) is 0 Å². The Labute approximate surface area is 165 Å². The molecule has 0 unspecified atom stereocenters. The van der Waals surface area contributed by atoms with Gasteiger partial charge in [0.15, 0.2) is 0 Å². The standard InChI is InChI=1S/C22H28N2O4/c1-27-16-21(25)24-10-8-22(26)7-9-23(14-19(22)15-24)13-17-4-2-5-18(12-17)20-6-3-11-28-20/h2-6,11-12,19,26H,7-10,13-16H2,1H3/t19-,22-/m1/s1. The van der Waals surface area contributed by atoms with Gasteiger partial charge in [0.1, 0.15) is 12.4 Å². The fraction of sp³-hybridized carbons (Fsp3) is 0.500. The van der Waals surface area contributed by atoms with Crippen LogP contribution < -0.4 is 0 Å². The van der Waals surface area contributed by atoms with Crippen LogP contribution in [0.15, 0.2) is 47.1 Å². The predicted octanol–water partition coefficient (Wildman–Crippen LogP) is 2.38. The molecule has 6 heteroatoms. The Morgan fingerprint density at radius 2 is 2.11 bits per heavy atom. The molecule has 0 spiro atoms. The number of amides is 1. The third-order valence-corrected chi connectivity index (χ3v) is 6.11. The Morgan fingerprint density at radius 3 is 2.89 bits per heavy atom. The molecule has 0 bridgehead atoms. The van der Waals surface area contributed by atoms with Crippen LogP contribution in [0.4, 0.5) is 0 Å². The number of ether oxygens (including phenoxy) is 1. The maximum absolute atomic E-state index is 12.2. The van der Waals surface area contributed by atoms with E-state index in [-0.39, 0.29) is 18.4 Å². The van der Waals surface area contributed by atoms with Crippen LogP contribution in [-0.4, -0.2) is 66.3 Å². The van der Waals surface area contributed by atoms with E-state index in [1.165, 1.54) is 12.7 Å². The number of fused-ring (bicyclic) bond motifs is 1. The number of hydrogen-bond donors (Lipinski definition) is 1. The van der Waals surface area contributed by atoms with Crippen molar-refractivity contribution in [3.8, 4) is 11.3 Å². The van der Waals surface area contributed by atoms with E-state index in [4.69, 9.17) is 9.15 Å². The van der Waals surface area contributed by atoms with Gasteiger partial charge >= 0.3 is 0 Å². The van der Waals surface area contributed by atoms with E-state index in [0.29, 0.717) is 19.5 Å². The SMILES string of the molecule is COCC(=O)N1CC[C@]2(O)CCN(Cc3cccc(-c4ccco4)c3)C[C@@H]2C1. The van der Waals surface area contributed by atoms with Crippen molar-refractivity contribution < 1.29 is 19.1 Å². The minimum absolute atomic E-state index is 0.00724. The Hall–Kier alpha value is -2.15. The molecular formula is C22H28N2O4. The van der Waals surface area contributed by atoms with Crippen LogP contribution >= 0.6 is 0 Å². The average Bonchev–Trinajstić information content (AvgIpc) is 3.23. The van der Waals surface area contributed by atoms with E-state index < -0.39 is 5.60 Å². The van der Waals surface area contributed by atoms with Crippen molar-refractivity contribution in [1.82, 2.24) is 9.80 Å². The van der Waals surface area contributed by atoms with Gasteiger partial charge in [-0.25, -0.2) is 0 Å². The predicted molar refractivity (Wildman–Crippen MR) is 106 cm³/mol. The second-order valence-corrected chi connectivity index (χ2v) is 7.99. The van der Waals surface area contributed by atoms with E-state index >= 15 is 0 Å². The highest BCUT2D eigenvalue weighted by Crippen LogP contribution is 2.36. The van der Waals surface area contributed by atoms with Gasteiger partial charge in [-0.05, 0) is 36.6 Å². The second-order valence-electron chi connectivity index (χ2n) is 7.99. The highest BCUT2D eigenvalue weighted by Gasteiger charge is 2.45. The van der Waals surface area contributed by atoms with Crippen LogP contribution in [0.2, 0.25) is 0 Å². The molecule has 1 aromatic heterocycles. The van der Waals surface area contributed by atoms with Gasteiger partial charge in [0.05, 0.1) is 11.9 Å². The van der Waals surface area contributed by atoms with Crippen molar-refractivity contribution in [3.05, 3.63) is 48.2 Å². The highest BCUT2D eigenvalue weighted by atomic mass is 16.5. The lowest BCUT2D eigenvalue weighted by Crippen LogP contribution is -2.60. The first-order chi connectivity index (χ1) is 13.6. The van der Waals surface area contributed by atoms with Gasteiger partial charge in [0.2, 0.25) is 5.91 Å². The van der Waals surface area contributed by atoms with Crippen LogP contribution in [0.5, 0.6) is 0 Å². The lowest BCUT2D eigenvalue weighted by molar-refractivity contribution is -0.150. The number of methoxy groups -OCH3 is 1. The fourth-order valence-corrected chi connectivity index (χ4v) is 4.48. The quantitative estimate of drug-likeness (QED) is 0.857. The van der Waals surface area contributed by atoms with Crippen molar-refractivity contribution >= 4 is 5.91 Å². The van der Waals surface area contributed by atoms with Crippen molar-refractivity contribution in [3.63, 3.8) is 0 Å². The molecular weight excluding hydrogens is 356 g/mol. The van der Waals surface area contributed by atoms with E-state index in [2.05, 4.69) is 29.2 Å². The van der Waals surface area contributed by atoms with Crippen LogP contribution in [-0.2, 0) is 16.1 Å². The van der Waals surface area contributed by atoms with Crippen LogP contribution in [0.1, 0.15) is 18.4 Å². The number of aliphatic hydroxyl groups is 1. The van der Waals surface area contributed by atoms with Gasteiger partial charge in [-0.3, -0.25) is 9.69 Å². The molecule has 2 aliphatic heterocycles. The summed E-state index contributed by atoms with van der Waals surface area (Å²) >= 11 is 0. The summed E-state index contributed by atoms with van der Waals surface area (Å²) < 4.78 is 10.5. The molecule has 2 aromatic rings. The van der Waals surface area contributed by atoms with Crippen molar-refractivity contribution in [2.45, 2.75) is 25.0 Å². The molecule has 1 aromatic carbocycles. The van der Waals surface area contributed by atoms with E-state index in [9.17, 15) is 9.90 Å². The van der Waals surface area contributed by atoms with E-state index in [1.54, 1.807) is 6.26 Å². The monoisotopic (exact) mass is 384 g/mol. The van der Waals surface area contributed by atoms with Gasteiger partial charge in [-0.1, -0.05) is 18.2 Å². The number of hydrogen-bond acceptors (Lipinski definition) is 5. The van der Waals surface area contributed by atoms with Crippen molar-refractivity contribution in [2.24, 2.45) is 5.92 Å². The molecule has 1 N–H and O–H groups in total. The third-order valence-electron chi connectivity index (χ3n) is 6.11. The topological polar surface area (TPSA) is 66.2 Å². The Morgan fingerprint density at radius 1 is 1.25 bits per heavy atom. The first kappa shape index (κ1) is 19.2. The summed E-state index contributed by atoms with van der Waals surface area (Å²) in [5.41, 5.74) is 1.64. The molecule has 2 fully saturated rings. The Kier molecular flexibility index (Phi) is 5.53. The first-order valence-electron chi connectivity index (χ1n) is 9.92. The van der Waals surface area contributed by atoms with Crippen LogP contribution in [0.25, 0.3) is 11.3 Å². The maximum Gasteiger partial charge on any atom is 0.248 e. The molecule has 150 valence electrons. The van der Waals surface area contributed by atoms with Crippen molar-refractivity contribution in [1.29, 1.82) is 0 Å². The van der Waals surface area contributed by atoms with Crippen LogP contribution in [0, 0.1) is 5.92 Å². The zero-order valence-corrected chi connectivity index (χ0v) is 16.3. The average molecular weight is 384 g/mol. The van der Waals surface area contributed by atoms with Gasteiger partial charge < -0.3 is 19.2 Å². The highest BCUT2D eigenvalue weighted by molar-refractivity contribution is 5.77. The Balaban J connectivity index is 1.42. The number of likely N-dealkylation sites (tertiary alicyclic amines) is 2. The molecule has 2 atom stereocenters. The fourth-order valence-electron chi connectivity index (χ4n) is 4.48. The summed E-state index contributed by atoms with van der Waals surface area (Å²) in [6.45, 7) is 3.80. The van der Waals surface area contributed by atoms with Gasteiger partial charge in [0, 0.05) is 51.3 Å². The molecule has 0 saturated carbocycles. The van der Waals surface area contributed by atoms with Crippen molar-refractivity contribution in [2.75, 3.05) is 39.9 Å². The molecule has 0 aliphatic carbocycles. The lowest BCUT2D eigenvalue weighted by Gasteiger charge is -2.50. The number of carbonyl (C=O) groups excluding carboxylic acids is 1. The molecule has 3 heterocycles. The summed E-state index contributed by atoms with van der Waals surface area (Å²) in [4.78, 5) is 16.4. The zero-order chi connectivity index (χ0) is 19.6. The second kappa shape index (κ2) is 8.07. The number of furan rings is 1. The number of benzene rings is 1. The number of piperidine rings is 2. The van der Waals surface area contributed by atoms with Gasteiger partial charge in [0.25, 0.3) is 0 Å². The summed E-state index contributed by atoms with van der Waals surface area (Å²) in [6, 6.07) is 12.3. The summed E-state index contributed by atoms with van der Waals surface area (Å²) in [5, 5.41) is 11.1. The van der Waals surface area contributed by atoms with Gasteiger partial charge in [-0.2, -0.15) is 0 Å². The summed E-state index contributed by atoms with van der Waals surface area (Å²) in [5.74, 6) is 0.950. The molecule has 4 rings (SSSR count). The molecule has 2 aliphatic rings. The maximum atomic E-state index is 12.2. The molecule has 2 saturated heterocycles. The number of nitrogens with zero attached hydrogens (tertiary/aromatic N) is 2. The molecule has 0 radical (unpaired) electrons. The molecule has 1 amide bonds. The lowest BCUT2D eigenvalue weighted by atomic mass is 9.75. The summed E-state index contributed by atoms with van der Waals surface area (Å²) in [6.07, 6.45) is 3.09. The summed E-state index contributed by atoms with van der Waals surface area (Å²) in [7, 11) is 1.54. The molecule has 6 nitrogen and oxygen atoms in total. The van der Waals surface area contributed by atoms with E-state index in [1.807, 2.05) is 17.0 Å².